The molecule has 0 spiro atoms. The Morgan fingerprint density at radius 2 is 1.80 bits per heavy atom. The number of hydrogen-bond acceptors (Lipinski definition) is 1. The van der Waals surface area contributed by atoms with Gasteiger partial charge in [0.1, 0.15) is 0 Å². The molecule has 0 aromatic rings. The molecule has 2 unspecified atom stereocenters. The lowest BCUT2D eigenvalue weighted by molar-refractivity contribution is 0.312. The second-order valence-electron chi connectivity index (χ2n) is 5.06. The van der Waals surface area contributed by atoms with Gasteiger partial charge in [-0.05, 0) is 31.7 Å². The maximum absolute atomic E-state index is 3.70. The van der Waals surface area contributed by atoms with E-state index in [1.54, 1.807) is 0 Å². The van der Waals surface area contributed by atoms with E-state index in [0.29, 0.717) is 0 Å². The second kappa shape index (κ2) is 8.15. The van der Waals surface area contributed by atoms with Crippen molar-refractivity contribution in [1.29, 1.82) is 0 Å². The zero-order valence-corrected chi connectivity index (χ0v) is 10.7. The lowest BCUT2D eigenvalue weighted by Gasteiger charge is -2.25. The van der Waals surface area contributed by atoms with Gasteiger partial charge in [-0.15, -0.1) is 0 Å². The van der Waals surface area contributed by atoms with Crippen molar-refractivity contribution in [2.75, 3.05) is 6.54 Å². The van der Waals surface area contributed by atoms with Crippen molar-refractivity contribution in [1.82, 2.24) is 5.32 Å². The van der Waals surface area contributed by atoms with Crippen LogP contribution in [0.4, 0.5) is 0 Å². The highest BCUT2D eigenvalue weighted by Gasteiger charge is 2.21. The van der Waals surface area contributed by atoms with Crippen molar-refractivity contribution in [3.05, 3.63) is 0 Å². The number of nitrogens with one attached hydrogen (secondary N) is 1. The quantitative estimate of drug-likeness (QED) is 0.514. The summed E-state index contributed by atoms with van der Waals surface area (Å²) in [7, 11) is 0. The Labute approximate surface area is 96.0 Å². The van der Waals surface area contributed by atoms with E-state index in [2.05, 4.69) is 19.2 Å². The maximum atomic E-state index is 3.70. The normalized spacial score (nSPS) is 27.6. The van der Waals surface area contributed by atoms with Crippen molar-refractivity contribution in [3.63, 3.8) is 0 Å². The van der Waals surface area contributed by atoms with Crippen LogP contribution < -0.4 is 5.32 Å². The molecule has 90 valence electrons. The van der Waals surface area contributed by atoms with E-state index in [1.165, 1.54) is 57.8 Å². The molecule has 15 heavy (non-hydrogen) atoms. The summed E-state index contributed by atoms with van der Waals surface area (Å²) in [5.74, 6) is 0.971. The molecule has 1 N–H and O–H groups in total. The summed E-state index contributed by atoms with van der Waals surface area (Å²) < 4.78 is 0. The van der Waals surface area contributed by atoms with E-state index >= 15 is 0 Å². The molecule has 0 aromatic carbocycles. The summed E-state index contributed by atoms with van der Waals surface area (Å²) in [6, 6.07) is 0.828. The van der Waals surface area contributed by atoms with Gasteiger partial charge in [-0.2, -0.15) is 0 Å². The van der Waals surface area contributed by atoms with Gasteiger partial charge >= 0.3 is 0 Å². The maximum Gasteiger partial charge on any atom is 0.00952 e. The third-order valence-electron chi connectivity index (χ3n) is 3.80. The van der Waals surface area contributed by atoms with Crippen molar-refractivity contribution in [2.24, 2.45) is 5.92 Å². The van der Waals surface area contributed by atoms with E-state index in [9.17, 15) is 0 Å². The van der Waals surface area contributed by atoms with Gasteiger partial charge in [-0.1, -0.05) is 52.4 Å². The van der Waals surface area contributed by atoms with Crippen molar-refractivity contribution < 1.29 is 0 Å². The number of hydrogen-bond donors (Lipinski definition) is 1. The van der Waals surface area contributed by atoms with E-state index in [-0.39, 0.29) is 0 Å². The first-order valence-corrected chi connectivity index (χ1v) is 7.11. The minimum Gasteiger partial charge on any atom is -0.314 e. The highest BCUT2D eigenvalue weighted by atomic mass is 14.9. The summed E-state index contributed by atoms with van der Waals surface area (Å²) in [4.78, 5) is 0. The average molecular weight is 211 g/mol. The monoisotopic (exact) mass is 211 g/mol. The van der Waals surface area contributed by atoms with Crippen LogP contribution in [0.15, 0.2) is 0 Å². The summed E-state index contributed by atoms with van der Waals surface area (Å²) in [6.45, 7) is 5.69. The predicted molar refractivity (Wildman–Crippen MR) is 68.2 cm³/mol. The fourth-order valence-corrected chi connectivity index (χ4v) is 2.92. The summed E-state index contributed by atoms with van der Waals surface area (Å²) in [5, 5.41) is 3.70. The molecule has 0 aliphatic heterocycles. The molecule has 1 nitrogen and oxygen atoms in total. The smallest absolute Gasteiger partial charge is 0.00952 e. The lowest BCUT2D eigenvalue weighted by atomic mass is 9.89. The number of rotatable bonds is 6. The van der Waals surface area contributed by atoms with Crippen molar-refractivity contribution in [3.8, 4) is 0 Å². The first kappa shape index (κ1) is 13.0. The van der Waals surface area contributed by atoms with Gasteiger partial charge < -0.3 is 5.32 Å². The summed E-state index contributed by atoms with van der Waals surface area (Å²) in [6.07, 6.45) is 13.0. The zero-order chi connectivity index (χ0) is 10.9. The molecule has 0 heterocycles. The van der Waals surface area contributed by atoms with E-state index in [4.69, 9.17) is 0 Å². The van der Waals surface area contributed by atoms with Gasteiger partial charge in [0, 0.05) is 6.04 Å². The molecule has 1 saturated carbocycles. The molecule has 0 saturated heterocycles. The molecular weight excluding hydrogens is 182 g/mol. The van der Waals surface area contributed by atoms with E-state index in [0.717, 1.165) is 18.5 Å². The fourth-order valence-electron chi connectivity index (χ4n) is 2.92. The van der Waals surface area contributed by atoms with Gasteiger partial charge in [0.2, 0.25) is 0 Å². The van der Waals surface area contributed by atoms with Crippen LogP contribution in [0.1, 0.15) is 71.6 Å². The molecule has 1 heteroatoms. The van der Waals surface area contributed by atoms with E-state index in [1.807, 2.05) is 0 Å². The third-order valence-corrected chi connectivity index (χ3v) is 3.80. The molecule has 1 aliphatic carbocycles. The van der Waals surface area contributed by atoms with Crippen LogP contribution >= 0.6 is 0 Å². The second-order valence-corrected chi connectivity index (χ2v) is 5.06. The van der Waals surface area contributed by atoms with Gasteiger partial charge in [0.25, 0.3) is 0 Å². The Morgan fingerprint density at radius 1 is 1.00 bits per heavy atom. The first-order chi connectivity index (χ1) is 7.38. The topological polar surface area (TPSA) is 12.0 Å². The standard InChI is InChI=1S/C14H29N/c1-3-5-7-10-13-11-8-6-9-12-14(13)15-4-2/h13-15H,3-12H2,1-2H3. The van der Waals surface area contributed by atoms with Crippen LogP contribution in [0.2, 0.25) is 0 Å². The van der Waals surface area contributed by atoms with E-state index < -0.39 is 0 Å². The molecule has 0 amide bonds. The van der Waals surface area contributed by atoms with Gasteiger partial charge in [-0.3, -0.25) is 0 Å². The van der Waals surface area contributed by atoms with Crippen LogP contribution in [-0.2, 0) is 0 Å². The third kappa shape index (κ3) is 5.01. The predicted octanol–water partition coefficient (Wildman–Crippen LogP) is 4.13. The Bertz CT molecular complexity index is 144. The highest BCUT2D eigenvalue weighted by molar-refractivity contribution is 4.79. The van der Waals surface area contributed by atoms with Crippen LogP contribution in [0.25, 0.3) is 0 Å². The highest BCUT2D eigenvalue weighted by Crippen LogP contribution is 2.27. The Hall–Kier alpha value is -0.0400. The average Bonchev–Trinajstić information content (AvgIpc) is 2.45. The van der Waals surface area contributed by atoms with Crippen LogP contribution in [0.5, 0.6) is 0 Å². The van der Waals surface area contributed by atoms with Crippen LogP contribution in [-0.4, -0.2) is 12.6 Å². The fraction of sp³-hybridized carbons (Fsp3) is 1.00. The minimum atomic E-state index is 0.828. The Kier molecular flexibility index (Phi) is 7.08. The SMILES string of the molecule is CCCCCC1CCCCCC1NCC. The minimum absolute atomic E-state index is 0.828. The molecule has 0 radical (unpaired) electrons. The largest absolute Gasteiger partial charge is 0.314 e. The molecular formula is C14H29N. The molecule has 0 bridgehead atoms. The molecule has 1 aliphatic rings. The van der Waals surface area contributed by atoms with Crippen LogP contribution in [0.3, 0.4) is 0 Å². The lowest BCUT2D eigenvalue weighted by Crippen LogP contribution is -2.35. The van der Waals surface area contributed by atoms with Crippen LogP contribution in [0, 0.1) is 5.92 Å². The number of unbranched alkanes of at least 4 members (excludes halogenated alkanes) is 2. The Balaban J connectivity index is 2.32. The van der Waals surface area contributed by atoms with Crippen molar-refractivity contribution >= 4 is 0 Å². The van der Waals surface area contributed by atoms with Crippen molar-refractivity contribution in [2.45, 2.75) is 77.7 Å². The van der Waals surface area contributed by atoms with Gasteiger partial charge in [0.15, 0.2) is 0 Å². The van der Waals surface area contributed by atoms with Gasteiger partial charge in [-0.25, -0.2) is 0 Å². The summed E-state index contributed by atoms with van der Waals surface area (Å²) in [5.41, 5.74) is 0. The molecule has 2 atom stereocenters. The molecule has 0 aromatic heterocycles. The Morgan fingerprint density at radius 3 is 2.53 bits per heavy atom. The summed E-state index contributed by atoms with van der Waals surface area (Å²) >= 11 is 0. The molecule has 1 fully saturated rings. The first-order valence-electron chi connectivity index (χ1n) is 7.11. The zero-order valence-electron chi connectivity index (χ0n) is 10.7. The van der Waals surface area contributed by atoms with Gasteiger partial charge in [0.05, 0.1) is 0 Å². The molecule has 1 rings (SSSR count).